The summed E-state index contributed by atoms with van der Waals surface area (Å²) in [5.41, 5.74) is 1.41. The van der Waals surface area contributed by atoms with Crippen molar-refractivity contribution < 1.29 is 19.4 Å². The maximum atomic E-state index is 12.4. The van der Waals surface area contributed by atoms with Gasteiger partial charge in [0.15, 0.2) is 0 Å². The lowest BCUT2D eigenvalue weighted by molar-refractivity contribution is -0.137. The van der Waals surface area contributed by atoms with Crippen LogP contribution in [0.4, 0.5) is 0 Å². The number of carbonyl (C=O) groups is 2. The highest BCUT2D eigenvalue weighted by Gasteiger charge is 2.22. The van der Waals surface area contributed by atoms with Crippen molar-refractivity contribution in [3.63, 3.8) is 0 Å². The third-order valence-electron chi connectivity index (χ3n) is 2.62. The molecule has 1 aromatic heterocycles. The Morgan fingerprint density at radius 3 is 2.37 bits per heavy atom. The zero-order chi connectivity index (χ0) is 14.4. The first-order chi connectivity index (χ1) is 8.97. The Bertz CT molecular complexity index is 456. The number of ether oxygens (including phenoxy) is 1. The number of aliphatic carboxylic acids is 1. The summed E-state index contributed by atoms with van der Waals surface area (Å²) in [5, 5.41) is 8.85. The molecule has 0 bridgehead atoms. The lowest BCUT2D eigenvalue weighted by Crippen LogP contribution is -2.38. The SMILES string of the molecule is COCCN(CC(=O)O)C(=O)c1c(C)ncnc1C. The Labute approximate surface area is 111 Å². The van der Waals surface area contributed by atoms with Gasteiger partial charge in [0.1, 0.15) is 12.9 Å². The molecule has 0 unspecified atom stereocenters. The van der Waals surface area contributed by atoms with Gasteiger partial charge in [-0.15, -0.1) is 0 Å². The van der Waals surface area contributed by atoms with E-state index in [0.717, 1.165) is 0 Å². The number of carboxylic acid groups (broad SMARTS) is 1. The number of carbonyl (C=O) groups excluding carboxylic acids is 1. The van der Waals surface area contributed by atoms with Gasteiger partial charge in [-0.2, -0.15) is 0 Å². The van der Waals surface area contributed by atoms with Gasteiger partial charge < -0.3 is 14.7 Å². The highest BCUT2D eigenvalue weighted by Crippen LogP contribution is 2.11. The third-order valence-corrected chi connectivity index (χ3v) is 2.62. The Morgan fingerprint density at radius 1 is 1.32 bits per heavy atom. The second-order valence-corrected chi connectivity index (χ2v) is 4.03. The summed E-state index contributed by atoms with van der Waals surface area (Å²) in [4.78, 5) is 32.3. The van der Waals surface area contributed by atoms with Crippen molar-refractivity contribution in [1.82, 2.24) is 14.9 Å². The van der Waals surface area contributed by atoms with Crippen LogP contribution in [0.5, 0.6) is 0 Å². The van der Waals surface area contributed by atoms with Crippen LogP contribution < -0.4 is 0 Å². The van der Waals surface area contributed by atoms with E-state index in [-0.39, 0.29) is 19.7 Å². The monoisotopic (exact) mass is 267 g/mol. The molecule has 1 amide bonds. The summed E-state index contributed by atoms with van der Waals surface area (Å²) in [6.07, 6.45) is 1.37. The quantitative estimate of drug-likeness (QED) is 0.795. The minimum Gasteiger partial charge on any atom is -0.480 e. The molecule has 1 aromatic rings. The van der Waals surface area contributed by atoms with Gasteiger partial charge in [0, 0.05) is 13.7 Å². The van der Waals surface area contributed by atoms with Gasteiger partial charge in [-0.1, -0.05) is 0 Å². The summed E-state index contributed by atoms with van der Waals surface area (Å²) >= 11 is 0. The molecule has 104 valence electrons. The number of aromatic nitrogens is 2. The second kappa shape index (κ2) is 6.79. The first-order valence-electron chi connectivity index (χ1n) is 5.75. The predicted octanol–water partition coefficient (Wildman–Crippen LogP) is 0.267. The maximum Gasteiger partial charge on any atom is 0.323 e. The minimum absolute atomic E-state index is 0.204. The lowest BCUT2D eigenvalue weighted by atomic mass is 10.1. The zero-order valence-corrected chi connectivity index (χ0v) is 11.2. The van der Waals surface area contributed by atoms with E-state index in [4.69, 9.17) is 9.84 Å². The zero-order valence-electron chi connectivity index (χ0n) is 11.2. The summed E-state index contributed by atoms with van der Waals surface area (Å²) in [7, 11) is 1.49. The van der Waals surface area contributed by atoms with Gasteiger partial charge in [-0.05, 0) is 13.8 Å². The van der Waals surface area contributed by atoms with E-state index in [1.54, 1.807) is 13.8 Å². The van der Waals surface area contributed by atoms with E-state index in [1.807, 2.05) is 0 Å². The van der Waals surface area contributed by atoms with Crippen molar-refractivity contribution in [1.29, 1.82) is 0 Å². The minimum atomic E-state index is -1.07. The molecule has 0 fully saturated rings. The van der Waals surface area contributed by atoms with E-state index < -0.39 is 11.9 Å². The molecule has 19 heavy (non-hydrogen) atoms. The lowest BCUT2D eigenvalue weighted by Gasteiger charge is -2.21. The molecular weight excluding hydrogens is 250 g/mol. The number of methoxy groups -OCH3 is 1. The van der Waals surface area contributed by atoms with Gasteiger partial charge in [-0.25, -0.2) is 9.97 Å². The normalized spacial score (nSPS) is 10.3. The van der Waals surface area contributed by atoms with Gasteiger partial charge >= 0.3 is 5.97 Å². The van der Waals surface area contributed by atoms with Crippen LogP contribution in [0.1, 0.15) is 21.7 Å². The van der Waals surface area contributed by atoms with E-state index in [0.29, 0.717) is 17.0 Å². The summed E-state index contributed by atoms with van der Waals surface area (Å²) in [6.45, 7) is 3.48. The molecule has 0 spiro atoms. The molecule has 7 nitrogen and oxygen atoms in total. The fourth-order valence-corrected chi connectivity index (χ4v) is 1.68. The number of amides is 1. The van der Waals surface area contributed by atoms with E-state index in [9.17, 15) is 9.59 Å². The first-order valence-corrected chi connectivity index (χ1v) is 5.75. The Hall–Kier alpha value is -2.02. The van der Waals surface area contributed by atoms with E-state index >= 15 is 0 Å². The first kappa shape index (κ1) is 15.0. The smallest absolute Gasteiger partial charge is 0.323 e. The van der Waals surface area contributed by atoms with Gasteiger partial charge in [-0.3, -0.25) is 9.59 Å². The molecule has 0 saturated heterocycles. The average molecular weight is 267 g/mol. The highest BCUT2D eigenvalue weighted by atomic mass is 16.5. The largest absolute Gasteiger partial charge is 0.480 e. The van der Waals surface area contributed by atoms with Crippen LogP contribution in [0.25, 0.3) is 0 Å². The van der Waals surface area contributed by atoms with Gasteiger partial charge in [0.05, 0.1) is 23.6 Å². The Morgan fingerprint density at radius 2 is 1.89 bits per heavy atom. The third kappa shape index (κ3) is 3.99. The number of hydrogen-bond donors (Lipinski definition) is 1. The van der Waals surface area contributed by atoms with Crippen molar-refractivity contribution in [2.75, 3.05) is 26.8 Å². The molecular formula is C12H17N3O4. The van der Waals surface area contributed by atoms with Crippen LogP contribution in [-0.2, 0) is 9.53 Å². The number of nitrogens with zero attached hydrogens (tertiary/aromatic N) is 3. The van der Waals surface area contributed by atoms with Crippen LogP contribution >= 0.6 is 0 Å². The molecule has 1 heterocycles. The van der Waals surface area contributed by atoms with Crippen LogP contribution in [0.15, 0.2) is 6.33 Å². The molecule has 1 rings (SSSR count). The molecule has 0 aliphatic heterocycles. The predicted molar refractivity (Wildman–Crippen MR) is 66.9 cm³/mol. The number of carboxylic acids is 1. The molecule has 0 aliphatic rings. The fourth-order valence-electron chi connectivity index (χ4n) is 1.68. The van der Waals surface area contributed by atoms with Crippen LogP contribution in [0.3, 0.4) is 0 Å². The summed E-state index contributed by atoms with van der Waals surface area (Å²) in [6, 6.07) is 0. The fraction of sp³-hybridized carbons (Fsp3) is 0.500. The van der Waals surface area contributed by atoms with Crippen molar-refractivity contribution in [2.45, 2.75) is 13.8 Å². The van der Waals surface area contributed by atoms with Crippen molar-refractivity contribution in [3.05, 3.63) is 23.3 Å². The molecule has 0 saturated carbocycles. The Kier molecular flexibility index (Phi) is 5.37. The molecule has 0 aliphatic carbocycles. The van der Waals surface area contributed by atoms with E-state index in [2.05, 4.69) is 9.97 Å². The van der Waals surface area contributed by atoms with Crippen LogP contribution in [-0.4, -0.2) is 58.7 Å². The second-order valence-electron chi connectivity index (χ2n) is 4.03. The van der Waals surface area contributed by atoms with E-state index in [1.165, 1.54) is 18.3 Å². The maximum absolute atomic E-state index is 12.4. The molecule has 0 atom stereocenters. The summed E-state index contributed by atoms with van der Waals surface area (Å²) < 4.78 is 4.88. The Balaban J connectivity index is 3.01. The molecule has 7 heteroatoms. The standard InChI is InChI=1S/C12H17N3O4/c1-8-11(9(2)14-7-13-8)12(18)15(4-5-19-3)6-10(16)17/h7H,4-6H2,1-3H3,(H,16,17). The van der Waals surface area contributed by atoms with Crippen molar-refractivity contribution in [3.8, 4) is 0 Å². The summed E-state index contributed by atoms with van der Waals surface area (Å²) in [5.74, 6) is -1.47. The number of aryl methyl sites for hydroxylation is 2. The van der Waals surface area contributed by atoms with Gasteiger partial charge in [0.25, 0.3) is 5.91 Å². The molecule has 0 aromatic carbocycles. The van der Waals surface area contributed by atoms with Crippen molar-refractivity contribution >= 4 is 11.9 Å². The van der Waals surface area contributed by atoms with Crippen molar-refractivity contribution in [2.24, 2.45) is 0 Å². The average Bonchev–Trinajstić information content (AvgIpc) is 2.33. The van der Waals surface area contributed by atoms with Crippen LogP contribution in [0, 0.1) is 13.8 Å². The van der Waals surface area contributed by atoms with Gasteiger partial charge in [0.2, 0.25) is 0 Å². The highest BCUT2D eigenvalue weighted by molar-refractivity contribution is 5.97. The topological polar surface area (TPSA) is 92.6 Å². The molecule has 1 N–H and O–H groups in total. The number of hydrogen-bond acceptors (Lipinski definition) is 5. The number of rotatable bonds is 6. The molecule has 0 radical (unpaired) electrons. The van der Waals surface area contributed by atoms with Crippen LogP contribution in [0.2, 0.25) is 0 Å².